The van der Waals surface area contributed by atoms with Crippen molar-refractivity contribution in [1.29, 1.82) is 0 Å². The molecule has 0 fully saturated rings. The molecule has 0 amide bonds. The Kier molecular flexibility index (Phi) is 4.76. The van der Waals surface area contributed by atoms with Crippen LogP contribution in [0, 0.1) is 0 Å². The molecule has 7 rings (SSSR count). The number of fused-ring (bicyclic) bond motifs is 4. The van der Waals surface area contributed by atoms with Gasteiger partial charge in [-0.3, -0.25) is 4.90 Å². The Morgan fingerprint density at radius 1 is 0.676 bits per heavy atom. The molecule has 2 aromatic heterocycles. The first kappa shape index (κ1) is 21.6. The average molecular weight is 480 g/mol. The highest BCUT2D eigenvalue weighted by Crippen LogP contribution is 2.55. The lowest BCUT2D eigenvalue weighted by Gasteiger charge is -2.38. The molecule has 1 aliphatic rings. The van der Waals surface area contributed by atoms with Crippen molar-refractivity contribution in [3.05, 3.63) is 126 Å². The Hall–Kier alpha value is -4.70. The van der Waals surface area contributed by atoms with Crippen molar-refractivity contribution in [2.75, 3.05) is 4.90 Å². The SMILES string of the molecule is CC1(C)c2ccccc2N(c2cc(-c3ccccc3)nc(-c3ccccc3)n2)c2oc3ccccc3c21. The molecule has 0 atom stereocenters. The topological polar surface area (TPSA) is 42.2 Å². The summed E-state index contributed by atoms with van der Waals surface area (Å²) in [6.07, 6.45) is 0. The summed E-state index contributed by atoms with van der Waals surface area (Å²) in [5, 5.41) is 1.13. The predicted molar refractivity (Wildman–Crippen MR) is 149 cm³/mol. The minimum Gasteiger partial charge on any atom is -0.439 e. The van der Waals surface area contributed by atoms with Gasteiger partial charge in [-0.2, -0.15) is 0 Å². The molecule has 6 aromatic rings. The van der Waals surface area contributed by atoms with E-state index < -0.39 is 0 Å². The van der Waals surface area contributed by atoms with E-state index in [1.165, 1.54) is 11.1 Å². The molecule has 37 heavy (non-hydrogen) atoms. The second kappa shape index (κ2) is 8.17. The molecule has 0 radical (unpaired) electrons. The van der Waals surface area contributed by atoms with Gasteiger partial charge in [-0.05, 0) is 17.7 Å². The molecule has 4 heteroatoms. The molecule has 0 spiro atoms. The van der Waals surface area contributed by atoms with Crippen LogP contribution in [0.25, 0.3) is 33.6 Å². The second-order valence-electron chi connectivity index (χ2n) is 9.92. The monoisotopic (exact) mass is 479 g/mol. The number of anilines is 3. The van der Waals surface area contributed by atoms with Crippen molar-refractivity contribution >= 4 is 28.4 Å². The van der Waals surface area contributed by atoms with Crippen LogP contribution in [0.4, 0.5) is 17.4 Å². The van der Waals surface area contributed by atoms with E-state index in [9.17, 15) is 0 Å². The average Bonchev–Trinajstić information content (AvgIpc) is 3.34. The first-order valence-electron chi connectivity index (χ1n) is 12.5. The molecule has 0 bridgehead atoms. The summed E-state index contributed by atoms with van der Waals surface area (Å²) in [5.74, 6) is 2.26. The number of hydrogen-bond donors (Lipinski definition) is 0. The Morgan fingerprint density at radius 2 is 1.32 bits per heavy atom. The van der Waals surface area contributed by atoms with E-state index in [1.807, 2.05) is 60.7 Å². The van der Waals surface area contributed by atoms with Gasteiger partial charge in [0, 0.05) is 33.6 Å². The van der Waals surface area contributed by atoms with Crippen LogP contribution in [0.15, 0.2) is 120 Å². The van der Waals surface area contributed by atoms with E-state index in [-0.39, 0.29) is 5.41 Å². The van der Waals surface area contributed by atoms with Gasteiger partial charge in [0.25, 0.3) is 0 Å². The summed E-state index contributed by atoms with van der Waals surface area (Å²) in [4.78, 5) is 12.3. The van der Waals surface area contributed by atoms with Gasteiger partial charge in [-0.25, -0.2) is 9.97 Å². The summed E-state index contributed by atoms with van der Waals surface area (Å²) in [5.41, 5.74) is 6.97. The first-order chi connectivity index (χ1) is 18.1. The molecule has 3 heterocycles. The number of benzene rings is 4. The second-order valence-corrected chi connectivity index (χ2v) is 9.92. The van der Waals surface area contributed by atoms with Gasteiger partial charge < -0.3 is 4.42 Å². The zero-order valence-electron chi connectivity index (χ0n) is 20.7. The van der Waals surface area contributed by atoms with E-state index in [1.54, 1.807) is 0 Å². The van der Waals surface area contributed by atoms with E-state index in [0.717, 1.165) is 45.2 Å². The van der Waals surface area contributed by atoms with Crippen molar-refractivity contribution in [3.63, 3.8) is 0 Å². The van der Waals surface area contributed by atoms with Gasteiger partial charge in [-0.15, -0.1) is 0 Å². The van der Waals surface area contributed by atoms with Crippen LogP contribution < -0.4 is 4.90 Å². The zero-order chi connectivity index (χ0) is 25.0. The zero-order valence-corrected chi connectivity index (χ0v) is 20.7. The first-order valence-corrected chi connectivity index (χ1v) is 12.5. The highest BCUT2D eigenvalue weighted by molar-refractivity contribution is 5.95. The van der Waals surface area contributed by atoms with Gasteiger partial charge in [0.05, 0.1) is 11.4 Å². The number of para-hydroxylation sites is 2. The lowest BCUT2D eigenvalue weighted by molar-refractivity contribution is 0.570. The van der Waals surface area contributed by atoms with Crippen LogP contribution in [0.5, 0.6) is 0 Å². The van der Waals surface area contributed by atoms with E-state index in [2.05, 4.69) is 73.3 Å². The number of furan rings is 1. The van der Waals surface area contributed by atoms with Crippen LogP contribution in [0.2, 0.25) is 0 Å². The summed E-state index contributed by atoms with van der Waals surface area (Å²) < 4.78 is 6.61. The molecule has 0 saturated carbocycles. The summed E-state index contributed by atoms with van der Waals surface area (Å²) in [6.45, 7) is 4.55. The molecule has 4 aromatic carbocycles. The maximum Gasteiger partial charge on any atom is 0.211 e. The highest BCUT2D eigenvalue weighted by Gasteiger charge is 2.41. The van der Waals surface area contributed by atoms with E-state index in [4.69, 9.17) is 14.4 Å². The molecule has 0 saturated heterocycles. The van der Waals surface area contributed by atoms with Crippen LogP contribution in [-0.2, 0) is 5.41 Å². The van der Waals surface area contributed by atoms with Crippen LogP contribution >= 0.6 is 0 Å². The lowest BCUT2D eigenvalue weighted by atomic mass is 9.74. The molecule has 0 N–H and O–H groups in total. The molecule has 0 unspecified atom stereocenters. The van der Waals surface area contributed by atoms with Crippen LogP contribution in [0.1, 0.15) is 25.0 Å². The number of rotatable bonds is 3. The van der Waals surface area contributed by atoms with Gasteiger partial charge in [0.1, 0.15) is 11.4 Å². The molecule has 0 aliphatic carbocycles. The van der Waals surface area contributed by atoms with Crippen molar-refractivity contribution in [2.45, 2.75) is 19.3 Å². The van der Waals surface area contributed by atoms with Crippen molar-refractivity contribution in [1.82, 2.24) is 9.97 Å². The normalized spacial score (nSPS) is 13.8. The lowest BCUT2D eigenvalue weighted by Crippen LogP contribution is -2.30. The molecule has 178 valence electrons. The number of nitrogens with zero attached hydrogens (tertiary/aromatic N) is 3. The van der Waals surface area contributed by atoms with Crippen molar-refractivity contribution < 1.29 is 4.42 Å². The van der Waals surface area contributed by atoms with E-state index >= 15 is 0 Å². The fourth-order valence-electron chi connectivity index (χ4n) is 5.48. The molecule has 4 nitrogen and oxygen atoms in total. The highest BCUT2D eigenvalue weighted by atomic mass is 16.4. The summed E-state index contributed by atoms with van der Waals surface area (Å²) in [6, 6.07) is 39.3. The van der Waals surface area contributed by atoms with Crippen molar-refractivity contribution in [2.24, 2.45) is 0 Å². The molecular formula is C33H25N3O. The molecule has 1 aliphatic heterocycles. The Bertz CT molecular complexity index is 1700. The fourth-order valence-corrected chi connectivity index (χ4v) is 5.48. The minimum absolute atomic E-state index is 0.243. The smallest absolute Gasteiger partial charge is 0.211 e. The quantitative estimate of drug-likeness (QED) is 0.255. The number of aromatic nitrogens is 2. The van der Waals surface area contributed by atoms with Crippen LogP contribution in [-0.4, -0.2) is 9.97 Å². The number of hydrogen-bond acceptors (Lipinski definition) is 4. The van der Waals surface area contributed by atoms with Gasteiger partial charge in [-0.1, -0.05) is 111 Å². The standard InChI is InChI=1S/C33H25N3O/c1-33(2)25-18-10-11-19-27(25)36(32-30(33)24-17-9-12-20-28(24)37-32)29-21-26(22-13-5-3-6-14-22)34-31(35-29)23-15-7-4-8-16-23/h3-21H,1-2H3. The summed E-state index contributed by atoms with van der Waals surface area (Å²) >= 11 is 0. The van der Waals surface area contributed by atoms with Gasteiger partial charge in [0.2, 0.25) is 5.88 Å². The largest absolute Gasteiger partial charge is 0.439 e. The molecular weight excluding hydrogens is 454 g/mol. The maximum atomic E-state index is 6.61. The predicted octanol–water partition coefficient (Wildman–Crippen LogP) is 8.67. The third-order valence-electron chi connectivity index (χ3n) is 7.27. The third kappa shape index (κ3) is 3.37. The minimum atomic E-state index is -0.243. The third-order valence-corrected chi connectivity index (χ3v) is 7.27. The van der Waals surface area contributed by atoms with Crippen molar-refractivity contribution in [3.8, 4) is 22.6 Å². The fraction of sp³-hybridized carbons (Fsp3) is 0.0909. The van der Waals surface area contributed by atoms with E-state index in [0.29, 0.717) is 5.82 Å². The Morgan fingerprint density at radius 3 is 2.11 bits per heavy atom. The van der Waals surface area contributed by atoms with Gasteiger partial charge >= 0.3 is 0 Å². The Balaban J connectivity index is 1.54. The van der Waals surface area contributed by atoms with Crippen LogP contribution in [0.3, 0.4) is 0 Å². The Labute approximate surface area is 215 Å². The summed E-state index contributed by atoms with van der Waals surface area (Å²) in [7, 11) is 0. The van der Waals surface area contributed by atoms with Gasteiger partial charge in [0.15, 0.2) is 5.82 Å². The maximum absolute atomic E-state index is 6.61.